The van der Waals surface area contributed by atoms with E-state index in [-0.39, 0.29) is 36.3 Å². The SMILES string of the molecule is c1ccc(C(c2ccccc2OCC2CO2)C(c2ccccc2OCC2CO2)c2ccccc2OCC2CO2)c(OCC2CO2)c1. The molecular weight excluding hydrogens is 584 g/mol. The Balaban J connectivity index is 1.30. The summed E-state index contributed by atoms with van der Waals surface area (Å²) in [6, 6.07) is 33.2. The maximum Gasteiger partial charge on any atom is 0.123 e. The van der Waals surface area contributed by atoms with Gasteiger partial charge in [-0.25, -0.2) is 0 Å². The first kappa shape index (κ1) is 29.3. The third-order valence-corrected chi connectivity index (χ3v) is 8.66. The fraction of sp³-hybridized carbons (Fsp3) is 0.368. The minimum Gasteiger partial charge on any atom is -0.490 e. The van der Waals surface area contributed by atoms with Crippen molar-refractivity contribution in [2.75, 3.05) is 52.9 Å². The van der Waals surface area contributed by atoms with Gasteiger partial charge in [-0.2, -0.15) is 0 Å². The summed E-state index contributed by atoms with van der Waals surface area (Å²) < 4.78 is 48.0. The van der Waals surface area contributed by atoms with Crippen LogP contribution in [0.4, 0.5) is 0 Å². The number of para-hydroxylation sites is 4. The number of epoxide rings is 4. The van der Waals surface area contributed by atoms with Crippen LogP contribution in [-0.4, -0.2) is 77.3 Å². The van der Waals surface area contributed by atoms with E-state index < -0.39 is 0 Å². The van der Waals surface area contributed by atoms with Gasteiger partial charge in [-0.1, -0.05) is 72.8 Å². The minimum atomic E-state index is -0.253. The van der Waals surface area contributed by atoms with Crippen molar-refractivity contribution < 1.29 is 37.9 Å². The van der Waals surface area contributed by atoms with Crippen molar-refractivity contribution >= 4 is 0 Å². The Bertz CT molecular complexity index is 1380. The molecule has 0 spiro atoms. The lowest BCUT2D eigenvalue weighted by Gasteiger charge is -2.33. The van der Waals surface area contributed by atoms with Crippen LogP contribution in [0.2, 0.25) is 0 Å². The zero-order valence-corrected chi connectivity index (χ0v) is 25.6. The molecule has 0 saturated carbocycles. The van der Waals surface area contributed by atoms with Crippen molar-refractivity contribution in [2.45, 2.75) is 36.3 Å². The zero-order valence-electron chi connectivity index (χ0n) is 25.6. The Morgan fingerprint density at radius 3 is 0.826 bits per heavy atom. The second-order valence-electron chi connectivity index (χ2n) is 12.2. The lowest BCUT2D eigenvalue weighted by Crippen LogP contribution is -2.20. The summed E-state index contributed by atoms with van der Waals surface area (Å²) in [5.74, 6) is 2.73. The lowest BCUT2D eigenvalue weighted by atomic mass is 9.72. The van der Waals surface area contributed by atoms with Crippen LogP contribution >= 0.6 is 0 Å². The van der Waals surface area contributed by atoms with E-state index in [1.165, 1.54) is 0 Å². The predicted molar refractivity (Wildman–Crippen MR) is 170 cm³/mol. The molecule has 4 heterocycles. The zero-order chi connectivity index (χ0) is 30.7. The summed E-state index contributed by atoms with van der Waals surface area (Å²) in [7, 11) is 0. The molecule has 8 rings (SSSR count). The van der Waals surface area contributed by atoms with E-state index in [1.807, 2.05) is 48.5 Å². The van der Waals surface area contributed by atoms with Gasteiger partial charge in [-0.15, -0.1) is 0 Å². The summed E-state index contributed by atoms with van der Waals surface area (Å²) >= 11 is 0. The molecule has 8 nitrogen and oxygen atoms in total. The van der Waals surface area contributed by atoms with Crippen molar-refractivity contribution in [3.63, 3.8) is 0 Å². The van der Waals surface area contributed by atoms with Crippen LogP contribution < -0.4 is 18.9 Å². The average Bonchev–Trinajstić information content (AvgIpc) is 3.90. The highest BCUT2D eigenvalue weighted by molar-refractivity contribution is 5.57. The average molecular weight is 623 g/mol. The van der Waals surface area contributed by atoms with Gasteiger partial charge in [0, 0.05) is 34.1 Å². The molecule has 4 atom stereocenters. The van der Waals surface area contributed by atoms with Gasteiger partial charge in [0.1, 0.15) is 73.8 Å². The molecule has 0 N–H and O–H groups in total. The first-order chi connectivity index (χ1) is 22.8. The molecule has 4 aromatic carbocycles. The second kappa shape index (κ2) is 13.3. The maximum absolute atomic E-state index is 6.49. The number of ether oxygens (including phenoxy) is 8. The molecule has 4 aliphatic rings. The number of hydrogen-bond donors (Lipinski definition) is 0. The molecule has 238 valence electrons. The van der Waals surface area contributed by atoms with E-state index in [4.69, 9.17) is 37.9 Å². The Morgan fingerprint density at radius 1 is 0.391 bits per heavy atom. The van der Waals surface area contributed by atoms with E-state index >= 15 is 0 Å². The van der Waals surface area contributed by atoms with Crippen LogP contribution in [0.15, 0.2) is 97.1 Å². The summed E-state index contributed by atoms with van der Waals surface area (Å²) in [5, 5.41) is 0. The molecule has 0 amide bonds. The third-order valence-electron chi connectivity index (χ3n) is 8.66. The standard InChI is InChI=1S/C38H38O8/c1-5-13-33(43-21-25-17-39-25)29(9-1)37(30-10-2-6-14-34(30)44-22-26-18-40-26)38(31-11-3-7-15-35(31)45-23-27-19-41-27)32-12-4-8-16-36(32)46-24-28-20-42-28/h1-16,25-28,37-38H,17-24H2. The van der Waals surface area contributed by atoms with Crippen molar-refractivity contribution in [3.05, 3.63) is 119 Å². The summed E-state index contributed by atoms with van der Waals surface area (Å²) in [6.45, 7) is 4.86. The van der Waals surface area contributed by atoms with Gasteiger partial charge in [0.15, 0.2) is 0 Å². The van der Waals surface area contributed by atoms with E-state index in [0.717, 1.165) is 71.7 Å². The van der Waals surface area contributed by atoms with Gasteiger partial charge in [-0.3, -0.25) is 0 Å². The first-order valence-electron chi connectivity index (χ1n) is 16.1. The largest absolute Gasteiger partial charge is 0.490 e. The molecular formula is C38H38O8. The molecule has 0 radical (unpaired) electrons. The molecule has 4 aromatic rings. The first-order valence-corrected chi connectivity index (χ1v) is 16.1. The van der Waals surface area contributed by atoms with E-state index in [9.17, 15) is 0 Å². The molecule has 4 fully saturated rings. The van der Waals surface area contributed by atoms with Crippen LogP contribution in [0, 0.1) is 0 Å². The fourth-order valence-electron chi connectivity index (χ4n) is 5.92. The predicted octanol–water partition coefficient (Wildman–Crippen LogP) is 5.76. The van der Waals surface area contributed by atoms with Gasteiger partial charge in [-0.05, 0) is 24.3 Å². The third kappa shape index (κ3) is 7.16. The monoisotopic (exact) mass is 622 g/mol. The van der Waals surface area contributed by atoms with Crippen molar-refractivity contribution in [2.24, 2.45) is 0 Å². The normalized spacial score (nSPS) is 23.6. The van der Waals surface area contributed by atoms with E-state index in [2.05, 4.69) is 48.5 Å². The quantitative estimate of drug-likeness (QED) is 0.138. The molecule has 4 unspecified atom stereocenters. The number of benzene rings is 4. The highest BCUT2D eigenvalue weighted by Crippen LogP contribution is 2.52. The lowest BCUT2D eigenvalue weighted by molar-refractivity contribution is 0.252. The summed E-state index contributed by atoms with van der Waals surface area (Å²) in [5.41, 5.74) is 4.14. The molecule has 4 aliphatic heterocycles. The topological polar surface area (TPSA) is 87.0 Å². The molecule has 4 saturated heterocycles. The summed E-state index contributed by atoms with van der Waals surface area (Å²) in [4.78, 5) is 0. The van der Waals surface area contributed by atoms with Crippen LogP contribution in [0.3, 0.4) is 0 Å². The van der Waals surface area contributed by atoms with Gasteiger partial charge >= 0.3 is 0 Å². The van der Waals surface area contributed by atoms with Crippen LogP contribution in [0.5, 0.6) is 23.0 Å². The smallest absolute Gasteiger partial charge is 0.123 e. The van der Waals surface area contributed by atoms with E-state index in [0.29, 0.717) is 26.4 Å². The Labute approximate surface area is 269 Å². The molecule has 8 heteroatoms. The highest BCUT2D eigenvalue weighted by atomic mass is 16.6. The van der Waals surface area contributed by atoms with Crippen molar-refractivity contribution in [3.8, 4) is 23.0 Å². The second-order valence-corrected chi connectivity index (χ2v) is 12.2. The Morgan fingerprint density at radius 2 is 0.609 bits per heavy atom. The van der Waals surface area contributed by atoms with Crippen LogP contribution in [0.1, 0.15) is 34.1 Å². The summed E-state index contributed by atoms with van der Waals surface area (Å²) in [6.07, 6.45) is 0.478. The number of rotatable bonds is 17. The number of hydrogen-bond acceptors (Lipinski definition) is 8. The maximum atomic E-state index is 6.49. The van der Waals surface area contributed by atoms with Gasteiger partial charge in [0.05, 0.1) is 26.4 Å². The molecule has 0 aromatic heterocycles. The van der Waals surface area contributed by atoms with Crippen LogP contribution in [0.25, 0.3) is 0 Å². The van der Waals surface area contributed by atoms with Gasteiger partial charge in [0.2, 0.25) is 0 Å². The van der Waals surface area contributed by atoms with E-state index in [1.54, 1.807) is 0 Å². The van der Waals surface area contributed by atoms with Gasteiger partial charge < -0.3 is 37.9 Å². The molecule has 0 bridgehead atoms. The fourth-order valence-corrected chi connectivity index (χ4v) is 5.92. The Kier molecular flexibility index (Phi) is 8.51. The minimum absolute atomic E-state index is 0.119. The molecule has 0 aliphatic carbocycles. The van der Waals surface area contributed by atoms with Crippen molar-refractivity contribution in [1.29, 1.82) is 0 Å². The van der Waals surface area contributed by atoms with Gasteiger partial charge in [0.25, 0.3) is 0 Å². The van der Waals surface area contributed by atoms with Crippen LogP contribution in [-0.2, 0) is 18.9 Å². The highest BCUT2D eigenvalue weighted by Gasteiger charge is 2.37. The Hall–Kier alpha value is -4.08. The molecule has 46 heavy (non-hydrogen) atoms. The van der Waals surface area contributed by atoms with Crippen molar-refractivity contribution in [1.82, 2.24) is 0 Å².